The molecular weight excluding hydrogens is 474 g/mol. The van der Waals surface area contributed by atoms with Gasteiger partial charge in [-0.25, -0.2) is 8.42 Å². The third-order valence-electron chi connectivity index (χ3n) is 5.47. The maximum Gasteiger partial charge on any atom is 0.286 e. The number of aromatic nitrogens is 2. The number of aryl methyl sites for hydroxylation is 1. The maximum absolute atomic E-state index is 13.5. The van der Waals surface area contributed by atoms with Gasteiger partial charge in [-0.2, -0.15) is 4.31 Å². The number of nitrogens with one attached hydrogen (secondary N) is 2. The Morgan fingerprint density at radius 1 is 1.09 bits per heavy atom. The number of anilines is 2. The van der Waals surface area contributed by atoms with Crippen molar-refractivity contribution in [1.82, 2.24) is 14.5 Å². The molecule has 0 saturated carbocycles. The summed E-state index contributed by atoms with van der Waals surface area (Å²) in [5.74, 6) is -0.865. The quantitative estimate of drug-likeness (QED) is 0.534. The summed E-state index contributed by atoms with van der Waals surface area (Å²) in [4.78, 5) is 24.2. The number of hydrogen-bond donors (Lipinski definition) is 2. The molecule has 2 N–H and O–H groups in total. The predicted molar refractivity (Wildman–Crippen MR) is 131 cm³/mol. The molecule has 178 valence electrons. The van der Waals surface area contributed by atoms with Gasteiger partial charge in [-0.15, -0.1) is 10.2 Å². The van der Waals surface area contributed by atoms with E-state index in [0.29, 0.717) is 23.7 Å². The van der Waals surface area contributed by atoms with Gasteiger partial charge in [0.05, 0.1) is 5.69 Å². The van der Waals surface area contributed by atoms with Crippen molar-refractivity contribution in [1.29, 1.82) is 0 Å². The number of rotatable bonds is 6. The Kier molecular flexibility index (Phi) is 7.05. The number of para-hydroxylation sites is 1. The molecule has 1 aromatic heterocycles. The molecule has 1 saturated heterocycles. The predicted octanol–water partition coefficient (Wildman–Crippen LogP) is 3.63. The lowest BCUT2D eigenvalue weighted by molar-refractivity contribution is -0.114. The minimum atomic E-state index is -3.86. The molecule has 34 heavy (non-hydrogen) atoms. The van der Waals surface area contributed by atoms with E-state index in [1.807, 2.05) is 18.2 Å². The van der Waals surface area contributed by atoms with E-state index in [1.165, 1.54) is 22.6 Å². The average molecular weight is 500 g/mol. The molecule has 1 aliphatic rings. The highest BCUT2D eigenvalue weighted by Crippen LogP contribution is 2.34. The van der Waals surface area contributed by atoms with Crippen LogP contribution >= 0.6 is 11.3 Å². The molecule has 11 heteroatoms. The largest absolute Gasteiger partial charge is 0.325 e. The first kappa shape index (κ1) is 24.0. The van der Waals surface area contributed by atoms with E-state index in [-0.39, 0.29) is 39.9 Å². The lowest BCUT2D eigenvalue weighted by Crippen LogP contribution is -2.39. The van der Waals surface area contributed by atoms with Crippen molar-refractivity contribution < 1.29 is 18.0 Å². The van der Waals surface area contributed by atoms with Gasteiger partial charge in [0.2, 0.25) is 20.9 Å². The smallest absolute Gasteiger partial charge is 0.286 e. The molecule has 2 amide bonds. The van der Waals surface area contributed by atoms with Crippen LogP contribution in [0.15, 0.2) is 53.4 Å². The van der Waals surface area contributed by atoms with Gasteiger partial charge in [-0.1, -0.05) is 35.6 Å². The van der Waals surface area contributed by atoms with Crippen LogP contribution in [0.4, 0.5) is 11.4 Å². The molecule has 2 heterocycles. The molecule has 0 unspecified atom stereocenters. The monoisotopic (exact) mass is 499 g/mol. The van der Waals surface area contributed by atoms with Crippen LogP contribution in [0.5, 0.6) is 0 Å². The Morgan fingerprint density at radius 3 is 2.59 bits per heavy atom. The van der Waals surface area contributed by atoms with Crippen LogP contribution < -0.4 is 10.6 Å². The van der Waals surface area contributed by atoms with E-state index in [2.05, 4.69) is 20.8 Å². The highest BCUT2D eigenvalue weighted by Gasteiger charge is 2.34. The van der Waals surface area contributed by atoms with E-state index in [0.717, 1.165) is 12.0 Å². The van der Waals surface area contributed by atoms with Gasteiger partial charge in [-0.3, -0.25) is 9.59 Å². The second-order valence-corrected chi connectivity index (χ2v) is 11.1. The lowest BCUT2D eigenvalue weighted by atomic mass is 10.0. The first-order valence-corrected chi connectivity index (χ1v) is 13.1. The van der Waals surface area contributed by atoms with Crippen molar-refractivity contribution in [2.24, 2.45) is 0 Å². The van der Waals surface area contributed by atoms with E-state index in [9.17, 15) is 18.0 Å². The summed E-state index contributed by atoms with van der Waals surface area (Å²) in [5.41, 5.74) is 1.70. The number of piperidine rings is 1. The van der Waals surface area contributed by atoms with Gasteiger partial charge in [0.25, 0.3) is 5.91 Å². The number of amides is 2. The van der Waals surface area contributed by atoms with Crippen molar-refractivity contribution in [3.05, 3.63) is 64.1 Å². The van der Waals surface area contributed by atoms with Gasteiger partial charge in [0.15, 0.2) is 0 Å². The zero-order chi connectivity index (χ0) is 24.3. The first-order chi connectivity index (χ1) is 16.2. The summed E-state index contributed by atoms with van der Waals surface area (Å²) >= 11 is 1.18. The second-order valence-electron chi connectivity index (χ2n) is 8.15. The fourth-order valence-corrected chi connectivity index (χ4v) is 6.45. The van der Waals surface area contributed by atoms with Crippen molar-refractivity contribution in [3.8, 4) is 0 Å². The summed E-state index contributed by atoms with van der Waals surface area (Å²) in [5, 5.41) is 14.5. The van der Waals surface area contributed by atoms with Crippen LogP contribution in [-0.4, -0.2) is 47.8 Å². The van der Waals surface area contributed by atoms with Crippen LogP contribution in [-0.2, 0) is 14.8 Å². The Labute approximate surface area is 202 Å². The summed E-state index contributed by atoms with van der Waals surface area (Å²) in [7, 11) is -3.86. The summed E-state index contributed by atoms with van der Waals surface area (Å²) in [6.07, 6.45) is 1.39. The summed E-state index contributed by atoms with van der Waals surface area (Å²) in [6, 6.07) is 14.0. The first-order valence-electron chi connectivity index (χ1n) is 10.8. The normalized spacial score (nSPS) is 16.7. The molecule has 1 fully saturated rings. The second kappa shape index (κ2) is 10.00. The summed E-state index contributed by atoms with van der Waals surface area (Å²) < 4.78 is 28.4. The molecule has 9 nitrogen and oxygen atoms in total. The number of carbonyl (C=O) groups excluding carboxylic acids is 2. The Bertz CT molecular complexity index is 1310. The fourth-order valence-electron chi connectivity index (χ4n) is 3.83. The number of hydrogen-bond acceptors (Lipinski definition) is 7. The van der Waals surface area contributed by atoms with Crippen LogP contribution in [0.25, 0.3) is 0 Å². The van der Waals surface area contributed by atoms with Gasteiger partial charge in [0, 0.05) is 31.6 Å². The third kappa shape index (κ3) is 5.32. The Morgan fingerprint density at radius 2 is 1.85 bits per heavy atom. The van der Waals surface area contributed by atoms with Crippen molar-refractivity contribution >= 4 is 44.5 Å². The van der Waals surface area contributed by atoms with Crippen molar-refractivity contribution in [2.75, 3.05) is 23.7 Å². The molecule has 1 aliphatic heterocycles. The van der Waals surface area contributed by atoms with Gasteiger partial charge >= 0.3 is 0 Å². The highest BCUT2D eigenvalue weighted by atomic mass is 32.2. The molecule has 0 bridgehead atoms. The van der Waals surface area contributed by atoms with Crippen molar-refractivity contribution in [2.45, 2.75) is 37.5 Å². The maximum atomic E-state index is 13.5. The fraction of sp³-hybridized carbons (Fsp3) is 0.304. The molecule has 0 spiro atoms. The van der Waals surface area contributed by atoms with Crippen LogP contribution in [0.3, 0.4) is 0 Å². The van der Waals surface area contributed by atoms with E-state index < -0.39 is 10.0 Å². The highest BCUT2D eigenvalue weighted by molar-refractivity contribution is 7.89. The molecule has 1 atom stereocenters. The number of nitrogens with zero attached hydrogens (tertiary/aromatic N) is 3. The minimum absolute atomic E-state index is 0.0727. The van der Waals surface area contributed by atoms with Crippen molar-refractivity contribution in [3.63, 3.8) is 0 Å². The zero-order valence-corrected chi connectivity index (χ0v) is 20.4. The van der Waals surface area contributed by atoms with Gasteiger partial charge < -0.3 is 10.6 Å². The molecule has 0 radical (unpaired) electrons. The number of carbonyl (C=O) groups is 2. The molecule has 0 aliphatic carbocycles. The number of benzene rings is 2. The topological polar surface area (TPSA) is 121 Å². The average Bonchev–Trinajstić information content (AvgIpc) is 3.31. The number of sulfonamides is 1. The van der Waals surface area contributed by atoms with Gasteiger partial charge in [-0.05, 0) is 49.6 Å². The third-order valence-corrected chi connectivity index (χ3v) is 8.46. The molecule has 4 rings (SSSR count). The van der Waals surface area contributed by atoms with E-state index >= 15 is 0 Å². The summed E-state index contributed by atoms with van der Waals surface area (Å²) in [6.45, 7) is 3.74. The SMILES string of the molecule is CC(=O)Nc1ccc(C)cc1S(=O)(=O)N1CCC[C@H](c2nnc(C(=O)Nc3ccccc3)s2)C1. The lowest BCUT2D eigenvalue weighted by Gasteiger charge is -2.31. The van der Waals surface area contributed by atoms with Crippen LogP contribution in [0, 0.1) is 6.92 Å². The zero-order valence-electron chi connectivity index (χ0n) is 18.8. The molecule has 3 aromatic rings. The Hall–Kier alpha value is -3.15. The standard InChI is InChI=1S/C23H25N5O4S2/c1-15-10-11-19(24-16(2)29)20(13-15)34(31,32)28-12-6-7-17(14-28)22-26-27-23(33-22)21(30)25-18-8-4-3-5-9-18/h3-5,8-11,13,17H,6-7,12,14H2,1-2H3,(H,24,29)(H,25,30)/t17-/m0/s1. The molecular formula is C23H25N5O4S2. The van der Waals surface area contributed by atoms with Crippen LogP contribution in [0.2, 0.25) is 0 Å². The van der Waals surface area contributed by atoms with E-state index in [1.54, 1.807) is 37.3 Å². The van der Waals surface area contributed by atoms with E-state index in [4.69, 9.17) is 0 Å². The minimum Gasteiger partial charge on any atom is -0.325 e. The Balaban J connectivity index is 1.52. The van der Waals surface area contributed by atoms with Gasteiger partial charge in [0.1, 0.15) is 9.90 Å². The molecule has 2 aromatic carbocycles. The van der Waals surface area contributed by atoms with Crippen LogP contribution in [0.1, 0.15) is 46.1 Å².